The van der Waals surface area contributed by atoms with Crippen LogP contribution < -0.4 is 14.2 Å². The molecule has 37 heavy (non-hydrogen) atoms. The first-order valence-electron chi connectivity index (χ1n) is 12.0. The van der Waals surface area contributed by atoms with Crippen LogP contribution in [0.4, 0.5) is 0 Å². The van der Waals surface area contributed by atoms with Gasteiger partial charge in [-0.3, -0.25) is 9.59 Å². The topological polar surface area (TPSA) is 68.3 Å². The predicted molar refractivity (Wildman–Crippen MR) is 147 cm³/mol. The number of carbonyl (C=O) groups is 2. The van der Waals surface area contributed by atoms with E-state index in [2.05, 4.69) is 6.58 Å². The van der Waals surface area contributed by atoms with Crippen LogP contribution in [-0.4, -0.2) is 62.6 Å². The Kier molecular flexibility index (Phi) is 10.1. The molecule has 0 bridgehead atoms. The van der Waals surface area contributed by atoms with Crippen LogP contribution in [0.5, 0.6) is 17.2 Å². The van der Waals surface area contributed by atoms with E-state index in [-0.39, 0.29) is 24.9 Å². The number of nitrogens with zero attached hydrogens (tertiary/aromatic N) is 2. The van der Waals surface area contributed by atoms with Crippen LogP contribution in [0.2, 0.25) is 0 Å². The van der Waals surface area contributed by atoms with Gasteiger partial charge in [0.25, 0.3) is 5.91 Å². The van der Waals surface area contributed by atoms with E-state index in [0.717, 1.165) is 16.0 Å². The first-order valence-corrected chi connectivity index (χ1v) is 12.8. The van der Waals surface area contributed by atoms with Gasteiger partial charge in [0.05, 0.1) is 27.9 Å². The summed E-state index contributed by atoms with van der Waals surface area (Å²) >= 11 is 1.62. The lowest BCUT2D eigenvalue weighted by Gasteiger charge is -2.27. The summed E-state index contributed by atoms with van der Waals surface area (Å²) < 4.78 is 16.0. The zero-order valence-corrected chi connectivity index (χ0v) is 22.7. The van der Waals surface area contributed by atoms with Crippen molar-refractivity contribution < 1.29 is 23.8 Å². The van der Waals surface area contributed by atoms with E-state index in [1.54, 1.807) is 63.0 Å². The minimum absolute atomic E-state index is 0.0571. The average molecular weight is 523 g/mol. The van der Waals surface area contributed by atoms with E-state index >= 15 is 0 Å². The second-order valence-corrected chi connectivity index (χ2v) is 9.49. The Morgan fingerprint density at radius 2 is 1.76 bits per heavy atom. The number of aryl methyl sites for hydroxylation is 1. The molecule has 0 aliphatic rings. The molecule has 1 heterocycles. The minimum atomic E-state index is -0.251. The van der Waals surface area contributed by atoms with Gasteiger partial charge in [-0.1, -0.05) is 18.2 Å². The Morgan fingerprint density at radius 3 is 2.41 bits per heavy atom. The lowest BCUT2D eigenvalue weighted by atomic mass is 10.1. The van der Waals surface area contributed by atoms with Crippen LogP contribution in [0, 0.1) is 6.92 Å². The Balaban J connectivity index is 1.80. The summed E-state index contributed by atoms with van der Waals surface area (Å²) in [7, 11) is 4.76. The molecule has 0 aliphatic heterocycles. The number of hydrogen-bond acceptors (Lipinski definition) is 6. The molecule has 0 radical (unpaired) electrons. The van der Waals surface area contributed by atoms with Crippen molar-refractivity contribution in [3.05, 3.63) is 88.1 Å². The molecule has 0 N–H and O–H groups in total. The highest BCUT2D eigenvalue weighted by Crippen LogP contribution is 2.28. The number of methoxy groups -OCH3 is 3. The summed E-state index contributed by atoms with van der Waals surface area (Å²) in [5.41, 5.74) is 2.62. The minimum Gasteiger partial charge on any atom is -0.497 e. The molecule has 7 nitrogen and oxygen atoms in total. The number of thiophene rings is 1. The zero-order chi connectivity index (χ0) is 26.8. The van der Waals surface area contributed by atoms with E-state index in [1.165, 1.54) is 4.90 Å². The van der Waals surface area contributed by atoms with Crippen molar-refractivity contribution in [1.29, 1.82) is 0 Å². The van der Waals surface area contributed by atoms with Gasteiger partial charge in [-0.05, 0) is 66.2 Å². The Labute approximate surface area is 222 Å². The van der Waals surface area contributed by atoms with Crippen LogP contribution in [-0.2, 0) is 17.8 Å². The van der Waals surface area contributed by atoms with Gasteiger partial charge >= 0.3 is 0 Å². The number of benzene rings is 2. The third-order valence-electron chi connectivity index (χ3n) is 6.05. The van der Waals surface area contributed by atoms with Gasteiger partial charge in [0.2, 0.25) is 5.91 Å². The first kappa shape index (κ1) is 27.8. The fourth-order valence-electron chi connectivity index (χ4n) is 3.91. The average Bonchev–Trinajstić information content (AvgIpc) is 3.33. The van der Waals surface area contributed by atoms with Crippen molar-refractivity contribution >= 4 is 23.2 Å². The van der Waals surface area contributed by atoms with Gasteiger partial charge < -0.3 is 24.0 Å². The third kappa shape index (κ3) is 7.36. The maximum Gasteiger partial charge on any atom is 0.254 e. The first-order chi connectivity index (χ1) is 17.9. The van der Waals surface area contributed by atoms with Crippen LogP contribution in [0.1, 0.15) is 26.4 Å². The van der Waals surface area contributed by atoms with Gasteiger partial charge in [-0.15, -0.1) is 17.9 Å². The molecule has 3 aromatic rings. The normalized spacial score (nSPS) is 10.5. The Bertz CT molecular complexity index is 1220. The van der Waals surface area contributed by atoms with Crippen LogP contribution in [0.3, 0.4) is 0 Å². The molecule has 3 rings (SSSR count). The number of hydrogen-bond donors (Lipinski definition) is 0. The highest BCUT2D eigenvalue weighted by atomic mass is 32.1. The molecule has 8 heteroatoms. The third-order valence-corrected chi connectivity index (χ3v) is 7.06. The van der Waals surface area contributed by atoms with E-state index in [1.807, 2.05) is 41.5 Å². The monoisotopic (exact) mass is 522 g/mol. The largest absolute Gasteiger partial charge is 0.497 e. The number of rotatable bonds is 13. The second kappa shape index (κ2) is 13.5. The predicted octanol–water partition coefficient (Wildman–Crippen LogP) is 4.98. The Hall–Kier alpha value is -3.78. The molecular weight excluding hydrogens is 488 g/mol. The fraction of sp³-hybridized carbons (Fsp3) is 0.310. The molecule has 0 atom stereocenters. The van der Waals surface area contributed by atoms with Gasteiger partial charge in [0, 0.05) is 23.5 Å². The summed E-state index contributed by atoms with van der Waals surface area (Å²) in [6, 6.07) is 14.7. The highest BCUT2D eigenvalue weighted by Gasteiger charge is 2.23. The van der Waals surface area contributed by atoms with Gasteiger partial charge in [0.15, 0.2) is 11.5 Å². The number of amides is 2. The van der Waals surface area contributed by atoms with Gasteiger partial charge in [-0.2, -0.15) is 0 Å². The highest BCUT2D eigenvalue weighted by molar-refractivity contribution is 7.10. The molecule has 0 saturated heterocycles. The molecule has 0 aliphatic carbocycles. The summed E-state index contributed by atoms with van der Waals surface area (Å²) in [6.07, 6.45) is 2.25. The summed E-state index contributed by atoms with van der Waals surface area (Å²) in [5, 5.41) is 2.03. The molecule has 2 aromatic carbocycles. The number of carbonyl (C=O) groups excluding carboxylic acids is 2. The molecule has 0 spiro atoms. The maximum atomic E-state index is 13.6. The molecule has 2 amide bonds. The lowest BCUT2D eigenvalue weighted by molar-refractivity contribution is -0.132. The molecule has 1 aromatic heterocycles. The van der Waals surface area contributed by atoms with Crippen molar-refractivity contribution in [2.45, 2.75) is 19.9 Å². The fourth-order valence-corrected chi connectivity index (χ4v) is 4.83. The molecule has 196 valence electrons. The molecule has 0 fully saturated rings. The summed E-state index contributed by atoms with van der Waals surface area (Å²) in [6.45, 7) is 6.98. The molecule has 0 saturated carbocycles. The van der Waals surface area contributed by atoms with Crippen LogP contribution in [0.15, 0.2) is 66.6 Å². The van der Waals surface area contributed by atoms with Crippen LogP contribution in [0.25, 0.3) is 0 Å². The van der Waals surface area contributed by atoms with E-state index in [0.29, 0.717) is 42.3 Å². The van der Waals surface area contributed by atoms with Gasteiger partial charge in [-0.25, -0.2) is 0 Å². The summed E-state index contributed by atoms with van der Waals surface area (Å²) in [5.74, 6) is 1.50. The standard InChI is InChI=1S/C29H34N2O5S/c1-6-14-31(29(33)23-8-7-9-24(18-23)34-3)20-28(32)30(19-27-21(2)13-16-37-27)15-12-22-10-11-25(35-4)26(17-22)36-5/h6-11,13,16-18H,1,12,14-15,19-20H2,2-5H3. The van der Waals surface area contributed by atoms with Crippen molar-refractivity contribution in [2.24, 2.45) is 0 Å². The van der Waals surface area contributed by atoms with E-state index in [9.17, 15) is 9.59 Å². The van der Waals surface area contributed by atoms with Crippen molar-refractivity contribution in [1.82, 2.24) is 9.80 Å². The second-order valence-electron chi connectivity index (χ2n) is 8.49. The van der Waals surface area contributed by atoms with Crippen LogP contribution >= 0.6 is 11.3 Å². The van der Waals surface area contributed by atoms with E-state index < -0.39 is 0 Å². The summed E-state index contributed by atoms with van der Waals surface area (Å²) in [4.78, 5) is 31.3. The SMILES string of the molecule is C=CCN(CC(=O)N(CCc1ccc(OC)c(OC)c1)Cc1sccc1C)C(=O)c1cccc(OC)c1. The smallest absolute Gasteiger partial charge is 0.254 e. The van der Waals surface area contributed by atoms with Crippen molar-refractivity contribution in [3.8, 4) is 17.2 Å². The zero-order valence-electron chi connectivity index (χ0n) is 21.9. The molecular formula is C29H34N2O5S. The van der Waals surface area contributed by atoms with E-state index in [4.69, 9.17) is 14.2 Å². The Morgan fingerprint density at radius 1 is 0.973 bits per heavy atom. The number of ether oxygens (including phenoxy) is 3. The molecule has 0 unspecified atom stereocenters. The van der Waals surface area contributed by atoms with Crippen molar-refractivity contribution in [2.75, 3.05) is 41.0 Å². The lowest BCUT2D eigenvalue weighted by Crippen LogP contribution is -2.43. The maximum absolute atomic E-state index is 13.6. The van der Waals surface area contributed by atoms with Crippen molar-refractivity contribution in [3.63, 3.8) is 0 Å². The van der Waals surface area contributed by atoms with Gasteiger partial charge in [0.1, 0.15) is 12.3 Å². The quantitative estimate of drug-likeness (QED) is 0.296.